The van der Waals surface area contributed by atoms with Gasteiger partial charge < -0.3 is 9.15 Å². The number of carbonyl (C=O) groups excluding carboxylic acids is 1. The van der Waals surface area contributed by atoms with Crippen LogP contribution in [-0.4, -0.2) is 16.2 Å². The highest BCUT2D eigenvalue weighted by molar-refractivity contribution is 7.10. The summed E-state index contributed by atoms with van der Waals surface area (Å²) in [6.45, 7) is -0.0106. The third kappa shape index (κ3) is 2.97. The summed E-state index contributed by atoms with van der Waals surface area (Å²) < 4.78 is 10.9. The van der Waals surface area contributed by atoms with Crippen LogP contribution in [-0.2, 0) is 24.2 Å². The van der Waals surface area contributed by atoms with Crippen molar-refractivity contribution in [2.75, 3.05) is 0 Å². The van der Waals surface area contributed by atoms with Gasteiger partial charge in [0.05, 0.1) is 5.56 Å². The summed E-state index contributed by atoms with van der Waals surface area (Å²) in [6, 6.07) is 9.50. The van der Waals surface area contributed by atoms with Gasteiger partial charge >= 0.3 is 5.97 Å². The van der Waals surface area contributed by atoms with Crippen molar-refractivity contribution in [3.05, 3.63) is 57.6 Å². The van der Waals surface area contributed by atoms with E-state index in [2.05, 4.69) is 10.2 Å². The average molecular weight is 340 g/mol. The maximum Gasteiger partial charge on any atom is 0.339 e. The Morgan fingerprint density at radius 1 is 1.17 bits per heavy atom. The zero-order valence-corrected chi connectivity index (χ0v) is 13.8. The molecule has 4 rings (SSSR count). The lowest BCUT2D eigenvalue weighted by molar-refractivity contribution is 0.0438. The number of benzene rings is 1. The molecule has 0 saturated heterocycles. The minimum absolute atomic E-state index is 0.0106. The first kappa shape index (κ1) is 15.1. The highest BCUT2D eigenvalue weighted by Crippen LogP contribution is 2.30. The third-order valence-electron chi connectivity index (χ3n) is 4.10. The molecule has 2 aromatic heterocycles. The largest absolute Gasteiger partial charge is 0.452 e. The summed E-state index contributed by atoms with van der Waals surface area (Å²) in [5.41, 5.74) is 2.69. The molecule has 0 atom stereocenters. The number of esters is 1. The topological polar surface area (TPSA) is 65.2 Å². The highest BCUT2D eigenvalue weighted by atomic mass is 32.1. The Balaban J connectivity index is 1.43. The first-order chi connectivity index (χ1) is 11.8. The molecule has 0 unspecified atom stereocenters. The molecule has 0 aliphatic heterocycles. The van der Waals surface area contributed by atoms with Crippen LogP contribution in [0.4, 0.5) is 0 Å². The molecular formula is C18H16N2O3S. The Labute approximate surface area is 143 Å². The Kier molecular flexibility index (Phi) is 4.13. The van der Waals surface area contributed by atoms with Gasteiger partial charge in [0.1, 0.15) is 0 Å². The molecule has 122 valence electrons. The van der Waals surface area contributed by atoms with Gasteiger partial charge in [-0.15, -0.1) is 21.5 Å². The minimum atomic E-state index is -0.311. The first-order valence-electron chi connectivity index (χ1n) is 7.95. The highest BCUT2D eigenvalue weighted by Gasteiger charge is 2.21. The fourth-order valence-corrected chi connectivity index (χ4v) is 3.99. The van der Waals surface area contributed by atoms with E-state index in [1.165, 1.54) is 11.3 Å². The smallest absolute Gasteiger partial charge is 0.339 e. The predicted octanol–water partition coefficient (Wildman–Crippen LogP) is 4.03. The summed E-state index contributed by atoms with van der Waals surface area (Å²) >= 11 is 1.65. The molecule has 1 aliphatic carbocycles. The molecule has 1 aliphatic rings. The molecule has 0 bridgehead atoms. The van der Waals surface area contributed by atoms with Crippen LogP contribution in [0.25, 0.3) is 11.5 Å². The predicted molar refractivity (Wildman–Crippen MR) is 89.8 cm³/mol. The monoisotopic (exact) mass is 340 g/mol. The molecular weight excluding hydrogens is 324 g/mol. The van der Waals surface area contributed by atoms with Gasteiger partial charge in [-0.3, -0.25) is 0 Å². The summed E-state index contributed by atoms with van der Waals surface area (Å²) in [5.74, 6) is 0.412. The molecule has 3 aromatic rings. The zero-order valence-electron chi connectivity index (χ0n) is 13.0. The van der Waals surface area contributed by atoms with Crippen molar-refractivity contribution in [1.29, 1.82) is 0 Å². The normalized spacial score (nSPS) is 13.5. The lowest BCUT2D eigenvalue weighted by Gasteiger charge is -2.11. The Morgan fingerprint density at radius 3 is 2.88 bits per heavy atom. The molecule has 24 heavy (non-hydrogen) atoms. The number of fused-ring (bicyclic) bond motifs is 1. The molecule has 0 fully saturated rings. The van der Waals surface area contributed by atoms with Crippen molar-refractivity contribution < 1.29 is 13.9 Å². The van der Waals surface area contributed by atoms with Gasteiger partial charge in [0.15, 0.2) is 6.61 Å². The summed E-state index contributed by atoms with van der Waals surface area (Å²) in [5, 5.41) is 9.84. The van der Waals surface area contributed by atoms with Gasteiger partial charge in [-0.25, -0.2) is 4.79 Å². The van der Waals surface area contributed by atoms with Crippen molar-refractivity contribution in [1.82, 2.24) is 10.2 Å². The number of aromatic nitrogens is 2. The van der Waals surface area contributed by atoms with Crippen LogP contribution >= 0.6 is 11.3 Å². The van der Waals surface area contributed by atoms with Crippen LogP contribution in [0.1, 0.15) is 39.5 Å². The maximum absolute atomic E-state index is 12.3. The fourth-order valence-electron chi connectivity index (χ4n) is 2.88. The third-order valence-corrected chi connectivity index (χ3v) is 5.18. The van der Waals surface area contributed by atoms with Crippen molar-refractivity contribution in [2.24, 2.45) is 0 Å². The van der Waals surface area contributed by atoms with E-state index in [0.717, 1.165) is 30.4 Å². The van der Waals surface area contributed by atoms with E-state index < -0.39 is 0 Å². The molecule has 2 heterocycles. The van der Waals surface area contributed by atoms with Gasteiger partial charge in [0, 0.05) is 15.8 Å². The summed E-state index contributed by atoms with van der Waals surface area (Å²) in [7, 11) is 0. The minimum Gasteiger partial charge on any atom is -0.452 e. The first-order valence-corrected chi connectivity index (χ1v) is 8.83. The second-order valence-corrected chi connectivity index (χ2v) is 6.67. The van der Waals surface area contributed by atoms with Crippen LogP contribution < -0.4 is 0 Å². The molecule has 0 spiro atoms. The molecule has 0 N–H and O–H groups in total. The SMILES string of the molecule is O=C(OCc1nnc(-c2ccccc2)o1)c1csc2c1CCCC2. The van der Waals surface area contributed by atoms with Crippen molar-refractivity contribution in [3.8, 4) is 11.5 Å². The number of thiophene rings is 1. The van der Waals surface area contributed by atoms with Crippen LogP contribution in [0.15, 0.2) is 40.1 Å². The molecule has 0 saturated carbocycles. The molecule has 1 aromatic carbocycles. The number of aryl methyl sites for hydroxylation is 1. The molecule has 0 amide bonds. The van der Waals surface area contributed by atoms with Gasteiger partial charge in [-0.05, 0) is 43.4 Å². The van der Waals surface area contributed by atoms with E-state index in [9.17, 15) is 4.79 Å². The number of ether oxygens (including phenoxy) is 1. The maximum atomic E-state index is 12.3. The Bertz CT molecular complexity index is 854. The lowest BCUT2D eigenvalue weighted by atomic mass is 9.96. The molecule has 6 heteroatoms. The second-order valence-electron chi connectivity index (χ2n) is 5.70. The number of carbonyl (C=O) groups is 1. The molecule has 5 nitrogen and oxygen atoms in total. The van der Waals surface area contributed by atoms with E-state index in [0.29, 0.717) is 17.3 Å². The lowest BCUT2D eigenvalue weighted by Crippen LogP contribution is -2.09. The van der Waals surface area contributed by atoms with Crippen LogP contribution in [0.5, 0.6) is 0 Å². The Morgan fingerprint density at radius 2 is 2.00 bits per heavy atom. The van der Waals surface area contributed by atoms with Crippen molar-refractivity contribution >= 4 is 17.3 Å². The van der Waals surface area contributed by atoms with Crippen molar-refractivity contribution in [2.45, 2.75) is 32.3 Å². The summed E-state index contributed by atoms with van der Waals surface area (Å²) in [6.07, 6.45) is 4.36. The van der Waals surface area contributed by atoms with Crippen LogP contribution in [0.3, 0.4) is 0 Å². The number of hydrogen-bond acceptors (Lipinski definition) is 6. The van der Waals surface area contributed by atoms with E-state index in [-0.39, 0.29) is 12.6 Å². The van der Waals surface area contributed by atoms with E-state index in [1.54, 1.807) is 11.3 Å². The standard InChI is InChI=1S/C18H16N2O3S/c21-18(14-11-24-15-9-5-4-8-13(14)15)22-10-16-19-20-17(23-16)12-6-2-1-3-7-12/h1-3,6-7,11H,4-5,8-10H2. The Hall–Kier alpha value is -2.47. The van der Waals surface area contributed by atoms with Gasteiger partial charge in [-0.2, -0.15) is 0 Å². The van der Waals surface area contributed by atoms with E-state index >= 15 is 0 Å². The second kappa shape index (κ2) is 6.57. The number of hydrogen-bond donors (Lipinski definition) is 0. The summed E-state index contributed by atoms with van der Waals surface area (Å²) in [4.78, 5) is 13.6. The average Bonchev–Trinajstić information content (AvgIpc) is 3.27. The van der Waals surface area contributed by atoms with E-state index in [4.69, 9.17) is 9.15 Å². The molecule has 0 radical (unpaired) electrons. The number of nitrogens with zero attached hydrogens (tertiary/aromatic N) is 2. The fraction of sp³-hybridized carbons (Fsp3) is 0.278. The van der Waals surface area contributed by atoms with Crippen molar-refractivity contribution in [3.63, 3.8) is 0 Å². The van der Waals surface area contributed by atoms with Gasteiger partial charge in [0.2, 0.25) is 5.89 Å². The van der Waals surface area contributed by atoms with Crippen LogP contribution in [0, 0.1) is 0 Å². The quantitative estimate of drug-likeness (QED) is 0.671. The van der Waals surface area contributed by atoms with Gasteiger partial charge in [-0.1, -0.05) is 18.2 Å². The van der Waals surface area contributed by atoms with E-state index in [1.807, 2.05) is 35.7 Å². The zero-order chi connectivity index (χ0) is 16.4. The van der Waals surface area contributed by atoms with Gasteiger partial charge in [0.25, 0.3) is 5.89 Å². The number of rotatable bonds is 4. The van der Waals surface area contributed by atoms with Crippen LogP contribution in [0.2, 0.25) is 0 Å².